The van der Waals surface area contributed by atoms with Gasteiger partial charge in [-0.15, -0.1) is 0 Å². The Morgan fingerprint density at radius 1 is 1.31 bits per heavy atom. The second-order valence-corrected chi connectivity index (χ2v) is 6.39. The predicted molar refractivity (Wildman–Crippen MR) is 60.5 cm³/mol. The molecule has 16 heavy (non-hydrogen) atoms. The average molecular weight is 247 g/mol. The lowest BCUT2D eigenvalue weighted by Gasteiger charge is -2.20. The zero-order chi connectivity index (χ0) is 12.3. The Kier molecular flexibility index (Phi) is 4.07. The fourth-order valence-electron chi connectivity index (χ4n) is 1.45. The largest absolute Gasteiger partial charge is 0.480 e. The molecule has 5 nitrogen and oxygen atoms in total. The Labute approximate surface area is 97.3 Å². The first-order valence-electron chi connectivity index (χ1n) is 5.25. The first-order valence-corrected chi connectivity index (χ1v) is 6.57. The topological polar surface area (TPSA) is 74.7 Å². The summed E-state index contributed by atoms with van der Waals surface area (Å²) in [4.78, 5) is 24.2. The smallest absolute Gasteiger partial charge is 0.321 e. The van der Waals surface area contributed by atoms with Crippen LogP contribution in [0.5, 0.6) is 0 Å². The summed E-state index contributed by atoms with van der Waals surface area (Å²) in [7, 11) is -1.68. The number of aliphatic carboxylic acids is 1. The van der Waals surface area contributed by atoms with Gasteiger partial charge in [-0.3, -0.25) is 13.8 Å². The van der Waals surface area contributed by atoms with Crippen LogP contribution in [0.25, 0.3) is 0 Å². The van der Waals surface area contributed by atoms with Crippen molar-refractivity contribution in [3.8, 4) is 0 Å². The van der Waals surface area contributed by atoms with Gasteiger partial charge in [-0.05, 0) is 26.7 Å². The number of hydrogen-bond donors (Lipinski definition) is 1. The lowest BCUT2D eigenvalue weighted by atomic mass is 10.2. The Morgan fingerprint density at radius 2 is 1.81 bits per heavy atom. The molecule has 1 fully saturated rings. The molecule has 0 saturated carbocycles. The van der Waals surface area contributed by atoms with E-state index in [9.17, 15) is 13.8 Å². The number of amides is 1. The van der Waals surface area contributed by atoms with Crippen molar-refractivity contribution in [3.63, 3.8) is 0 Å². The molecule has 0 aromatic rings. The Hall–Kier alpha value is -0.910. The SMILES string of the molecule is CC(C)(C(=O)O)S(=O)CC(=O)N1CCCC1. The fourth-order valence-corrected chi connectivity index (χ4v) is 2.41. The number of carboxylic acids is 1. The van der Waals surface area contributed by atoms with Crippen molar-refractivity contribution in [1.29, 1.82) is 0 Å². The van der Waals surface area contributed by atoms with E-state index in [1.807, 2.05) is 0 Å². The molecule has 92 valence electrons. The monoisotopic (exact) mass is 247 g/mol. The molecule has 0 aromatic carbocycles. The maximum atomic E-state index is 11.8. The predicted octanol–water partition coefficient (Wildman–Crippen LogP) is 0.221. The summed E-state index contributed by atoms with van der Waals surface area (Å²) in [6.45, 7) is 4.15. The van der Waals surface area contributed by atoms with Gasteiger partial charge in [0.25, 0.3) is 0 Å². The third-order valence-corrected chi connectivity index (χ3v) is 4.62. The number of carboxylic acid groups (broad SMARTS) is 1. The molecule has 0 aromatic heterocycles. The van der Waals surface area contributed by atoms with Gasteiger partial charge in [-0.1, -0.05) is 0 Å². The van der Waals surface area contributed by atoms with E-state index in [0.717, 1.165) is 12.8 Å². The van der Waals surface area contributed by atoms with Gasteiger partial charge in [0.05, 0.1) is 0 Å². The van der Waals surface area contributed by atoms with Gasteiger partial charge in [0, 0.05) is 23.9 Å². The zero-order valence-electron chi connectivity index (χ0n) is 9.56. The van der Waals surface area contributed by atoms with Crippen LogP contribution in [0.1, 0.15) is 26.7 Å². The van der Waals surface area contributed by atoms with Crippen LogP contribution in [0, 0.1) is 0 Å². The van der Waals surface area contributed by atoms with Crippen molar-refractivity contribution in [2.45, 2.75) is 31.4 Å². The minimum absolute atomic E-state index is 0.195. The Bertz CT molecular complexity index is 321. The van der Waals surface area contributed by atoms with E-state index in [1.165, 1.54) is 13.8 Å². The van der Waals surface area contributed by atoms with Gasteiger partial charge < -0.3 is 10.0 Å². The van der Waals surface area contributed by atoms with E-state index in [-0.39, 0.29) is 11.7 Å². The van der Waals surface area contributed by atoms with Gasteiger partial charge in [0.1, 0.15) is 10.5 Å². The highest BCUT2D eigenvalue weighted by atomic mass is 32.2. The molecule has 0 radical (unpaired) electrons. The van der Waals surface area contributed by atoms with Crippen LogP contribution in [0.2, 0.25) is 0 Å². The second-order valence-electron chi connectivity index (χ2n) is 4.39. The van der Waals surface area contributed by atoms with E-state index in [4.69, 9.17) is 5.11 Å². The molecule has 1 N–H and O–H groups in total. The fraction of sp³-hybridized carbons (Fsp3) is 0.800. The number of nitrogens with zero attached hydrogens (tertiary/aromatic N) is 1. The number of hydrogen-bond acceptors (Lipinski definition) is 3. The second kappa shape index (κ2) is 4.95. The summed E-state index contributed by atoms with van der Waals surface area (Å²) in [5.74, 6) is -1.54. The number of carbonyl (C=O) groups excluding carboxylic acids is 1. The average Bonchev–Trinajstić information content (AvgIpc) is 2.69. The molecule has 1 amide bonds. The highest BCUT2D eigenvalue weighted by molar-refractivity contribution is 7.87. The summed E-state index contributed by atoms with van der Waals surface area (Å²) >= 11 is 0. The van der Waals surface area contributed by atoms with Crippen molar-refractivity contribution in [1.82, 2.24) is 4.90 Å². The first kappa shape index (κ1) is 13.2. The Balaban J connectivity index is 2.57. The lowest BCUT2D eigenvalue weighted by Crippen LogP contribution is -2.42. The molecule has 6 heteroatoms. The summed E-state index contributed by atoms with van der Waals surface area (Å²) in [6.07, 6.45) is 1.95. The van der Waals surface area contributed by atoms with E-state index < -0.39 is 21.5 Å². The normalized spacial score (nSPS) is 18.5. The van der Waals surface area contributed by atoms with Gasteiger partial charge in [-0.25, -0.2) is 0 Å². The quantitative estimate of drug-likeness (QED) is 0.771. The van der Waals surface area contributed by atoms with Crippen molar-refractivity contribution in [2.24, 2.45) is 0 Å². The molecule has 0 aliphatic carbocycles. The number of carbonyl (C=O) groups is 2. The summed E-state index contributed by atoms with van der Waals surface area (Å²) in [5, 5.41) is 8.87. The number of likely N-dealkylation sites (tertiary alicyclic amines) is 1. The van der Waals surface area contributed by atoms with E-state index in [0.29, 0.717) is 13.1 Å². The van der Waals surface area contributed by atoms with Crippen LogP contribution in [0.3, 0.4) is 0 Å². The molecular weight excluding hydrogens is 230 g/mol. The highest BCUT2D eigenvalue weighted by Gasteiger charge is 2.36. The maximum Gasteiger partial charge on any atom is 0.321 e. The first-order chi connectivity index (χ1) is 7.35. The van der Waals surface area contributed by atoms with Crippen LogP contribution < -0.4 is 0 Å². The summed E-state index contributed by atoms with van der Waals surface area (Å²) in [6, 6.07) is 0. The minimum Gasteiger partial charge on any atom is -0.480 e. The van der Waals surface area contributed by atoms with E-state index in [2.05, 4.69) is 0 Å². The molecule has 1 unspecified atom stereocenters. The van der Waals surface area contributed by atoms with Gasteiger partial charge in [-0.2, -0.15) is 0 Å². The number of rotatable bonds is 4. The zero-order valence-corrected chi connectivity index (χ0v) is 10.4. The molecule has 0 bridgehead atoms. The van der Waals surface area contributed by atoms with Gasteiger partial charge >= 0.3 is 5.97 Å². The van der Waals surface area contributed by atoms with Crippen molar-refractivity contribution < 1.29 is 18.9 Å². The third kappa shape index (κ3) is 2.81. The minimum atomic E-state index is -1.68. The van der Waals surface area contributed by atoms with Crippen LogP contribution >= 0.6 is 0 Å². The lowest BCUT2D eigenvalue weighted by molar-refractivity contribution is -0.139. The van der Waals surface area contributed by atoms with Crippen LogP contribution in [0.15, 0.2) is 0 Å². The maximum absolute atomic E-state index is 11.8. The molecular formula is C10H17NO4S. The van der Waals surface area contributed by atoms with Crippen molar-refractivity contribution in [2.75, 3.05) is 18.8 Å². The van der Waals surface area contributed by atoms with Crippen LogP contribution in [-0.2, 0) is 20.4 Å². The molecule has 1 saturated heterocycles. The Morgan fingerprint density at radius 3 is 2.25 bits per heavy atom. The van der Waals surface area contributed by atoms with E-state index in [1.54, 1.807) is 4.90 Å². The molecule has 1 atom stereocenters. The summed E-state index contributed by atoms with van der Waals surface area (Å²) in [5.41, 5.74) is 0. The molecule has 1 heterocycles. The van der Waals surface area contributed by atoms with Crippen molar-refractivity contribution in [3.05, 3.63) is 0 Å². The van der Waals surface area contributed by atoms with Crippen LogP contribution in [-0.4, -0.2) is 49.7 Å². The van der Waals surface area contributed by atoms with Crippen LogP contribution in [0.4, 0.5) is 0 Å². The standard InChI is InChI=1S/C10H17NO4S/c1-10(2,9(13)14)16(15)7-8(12)11-5-3-4-6-11/h3-7H2,1-2H3,(H,13,14). The molecule has 1 aliphatic heterocycles. The van der Waals surface area contributed by atoms with Gasteiger partial charge in [0.2, 0.25) is 5.91 Å². The highest BCUT2D eigenvalue weighted by Crippen LogP contribution is 2.15. The molecule has 1 rings (SSSR count). The molecule has 0 spiro atoms. The van der Waals surface area contributed by atoms with Crippen molar-refractivity contribution >= 4 is 22.7 Å². The van der Waals surface area contributed by atoms with E-state index >= 15 is 0 Å². The molecule has 1 aliphatic rings. The third-order valence-electron chi connectivity index (χ3n) is 2.80. The summed E-state index contributed by atoms with van der Waals surface area (Å²) < 4.78 is 10.4. The van der Waals surface area contributed by atoms with Gasteiger partial charge in [0.15, 0.2) is 0 Å².